The Morgan fingerprint density at radius 1 is 1.13 bits per heavy atom. The molecule has 0 spiro atoms. The fourth-order valence-corrected chi connectivity index (χ4v) is 2.53. The van der Waals surface area contributed by atoms with Crippen molar-refractivity contribution >= 4 is 5.91 Å². The first-order chi connectivity index (χ1) is 14.5. The number of aromatic nitrogens is 3. The molecule has 1 aromatic heterocycles. The summed E-state index contributed by atoms with van der Waals surface area (Å²) >= 11 is 0. The van der Waals surface area contributed by atoms with E-state index >= 15 is 0 Å². The summed E-state index contributed by atoms with van der Waals surface area (Å²) in [6, 6.07) is 8.95. The highest BCUT2D eigenvalue weighted by atomic mass is 19.4. The fourth-order valence-electron chi connectivity index (χ4n) is 2.53. The number of azide groups is 1. The average Bonchev–Trinajstić information content (AvgIpc) is 3.17. The second-order valence-corrected chi connectivity index (χ2v) is 6.15. The Hall–Kier alpha value is -3.99. The Bertz CT molecular complexity index is 1170. The number of ether oxygens (including phenoxy) is 1. The Balaban J connectivity index is 1.80. The lowest BCUT2D eigenvalue weighted by Crippen LogP contribution is -2.41. The molecule has 0 bridgehead atoms. The van der Waals surface area contributed by atoms with Crippen molar-refractivity contribution < 1.29 is 31.5 Å². The topological polar surface area (TPSA) is 106 Å². The number of nitrogens with zero attached hydrogens (tertiary/aromatic N) is 6. The van der Waals surface area contributed by atoms with Crippen LogP contribution in [0.3, 0.4) is 0 Å². The summed E-state index contributed by atoms with van der Waals surface area (Å²) in [6.45, 7) is 1.63. The molecule has 3 aromatic rings. The van der Waals surface area contributed by atoms with Gasteiger partial charge in [0.2, 0.25) is 5.91 Å². The van der Waals surface area contributed by atoms with Crippen LogP contribution in [0.4, 0.5) is 22.0 Å². The Labute approximate surface area is 170 Å². The Kier molecular flexibility index (Phi) is 5.62. The number of hydrogen-bond acceptors (Lipinski definition) is 4. The molecule has 0 radical (unpaired) electrons. The molecule has 3 rings (SSSR count). The van der Waals surface area contributed by atoms with Crippen LogP contribution in [-0.2, 0) is 0 Å². The van der Waals surface area contributed by atoms with E-state index in [-0.39, 0.29) is 11.4 Å². The minimum atomic E-state index is -5.84. The monoisotopic (exact) mass is 438 g/mol. The minimum Gasteiger partial charge on any atom is -0.426 e. The van der Waals surface area contributed by atoms with Gasteiger partial charge in [0.15, 0.2) is 5.82 Å². The summed E-state index contributed by atoms with van der Waals surface area (Å²) in [5.74, 6) is -1.15. The standard InChI is InChI=1S/C18H11F5N6O2/c1-10-8-11(2-7-14(10)16(30)26-28-24)15-25-9-29(27-15)12-3-5-13(6-4-12)31-18(22,23)17(19,20)21/h2-9H,1H3. The van der Waals surface area contributed by atoms with Crippen molar-refractivity contribution in [2.45, 2.75) is 19.2 Å². The van der Waals surface area contributed by atoms with Crippen LogP contribution in [0.5, 0.6) is 5.75 Å². The van der Waals surface area contributed by atoms with E-state index in [2.05, 4.69) is 24.8 Å². The van der Waals surface area contributed by atoms with E-state index in [1.54, 1.807) is 19.1 Å². The van der Waals surface area contributed by atoms with Crippen molar-refractivity contribution in [2.24, 2.45) is 5.11 Å². The first kappa shape index (κ1) is 21.7. The number of carbonyl (C=O) groups is 1. The maximum atomic E-state index is 13.0. The van der Waals surface area contributed by atoms with Crippen LogP contribution in [0, 0.1) is 6.92 Å². The molecule has 0 aliphatic rings. The molecule has 160 valence electrons. The van der Waals surface area contributed by atoms with Crippen LogP contribution in [-0.4, -0.2) is 33.0 Å². The lowest BCUT2D eigenvalue weighted by atomic mass is 10.0. The number of rotatable bonds is 5. The van der Waals surface area contributed by atoms with Gasteiger partial charge in [0.1, 0.15) is 12.1 Å². The molecule has 31 heavy (non-hydrogen) atoms. The summed E-state index contributed by atoms with van der Waals surface area (Å²) in [6.07, 6.45) is -9.85. The maximum absolute atomic E-state index is 13.0. The van der Waals surface area contributed by atoms with Crippen molar-refractivity contribution in [1.29, 1.82) is 0 Å². The SMILES string of the molecule is Cc1cc(-c2ncn(-c3ccc(OC(F)(F)C(F)(F)F)cc3)n2)ccc1C(=O)N=[N+]=[N-]. The van der Waals surface area contributed by atoms with Crippen molar-refractivity contribution in [2.75, 3.05) is 0 Å². The third-order valence-electron chi connectivity index (χ3n) is 4.02. The number of carbonyl (C=O) groups excluding carboxylic acids is 1. The number of benzene rings is 2. The van der Waals surface area contributed by atoms with E-state index in [9.17, 15) is 26.7 Å². The maximum Gasteiger partial charge on any atom is 0.499 e. The van der Waals surface area contributed by atoms with Gasteiger partial charge in [-0.1, -0.05) is 12.1 Å². The van der Waals surface area contributed by atoms with Crippen molar-refractivity contribution in [1.82, 2.24) is 14.8 Å². The highest BCUT2D eigenvalue weighted by Gasteiger charge is 2.61. The normalized spacial score (nSPS) is 11.7. The van der Waals surface area contributed by atoms with Crippen LogP contribution >= 0.6 is 0 Å². The van der Waals surface area contributed by atoms with Gasteiger partial charge in [0.25, 0.3) is 0 Å². The van der Waals surface area contributed by atoms with Crippen LogP contribution in [0.2, 0.25) is 0 Å². The number of alkyl halides is 5. The van der Waals surface area contributed by atoms with Gasteiger partial charge in [-0.3, -0.25) is 4.79 Å². The van der Waals surface area contributed by atoms with Gasteiger partial charge < -0.3 is 4.74 Å². The predicted octanol–water partition coefficient (Wildman–Crippen LogP) is 5.23. The van der Waals surface area contributed by atoms with Crippen LogP contribution < -0.4 is 4.74 Å². The van der Waals surface area contributed by atoms with E-state index in [1.807, 2.05) is 0 Å². The quantitative estimate of drug-likeness (QED) is 0.235. The van der Waals surface area contributed by atoms with Gasteiger partial charge in [-0.2, -0.15) is 22.0 Å². The van der Waals surface area contributed by atoms with Crippen LogP contribution in [0.15, 0.2) is 53.9 Å². The van der Waals surface area contributed by atoms with Crippen molar-refractivity contribution in [3.8, 4) is 22.8 Å². The zero-order valence-electron chi connectivity index (χ0n) is 15.5. The molecule has 13 heteroatoms. The van der Waals surface area contributed by atoms with Gasteiger partial charge in [0.05, 0.1) is 5.69 Å². The molecule has 0 N–H and O–H groups in total. The van der Waals surface area contributed by atoms with Crippen LogP contribution in [0.1, 0.15) is 15.9 Å². The molecule has 0 aliphatic heterocycles. The zero-order chi connectivity index (χ0) is 22.8. The summed E-state index contributed by atoms with van der Waals surface area (Å²) in [4.78, 5) is 18.3. The van der Waals surface area contributed by atoms with E-state index in [4.69, 9.17) is 5.53 Å². The first-order valence-corrected chi connectivity index (χ1v) is 8.38. The second kappa shape index (κ2) is 8.03. The van der Waals surface area contributed by atoms with E-state index in [0.717, 1.165) is 12.1 Å². The van der Waals surface area contributed by atoms with Gasteiger partial charge in [-0.15, -0.1) is 5.10 Å². The number of hydrogen-bond donors (Lipinski definition) is 0. The van der Waals surface area contributed by atoms with Crippen molar-refractivity contribution in [3.05, 3.63) is 70.4 Å². The lowest BCUT2D eigenvalue weighted by molar-refractivity contribution is -0.360. The molecule has 0 atom stereocenters. The van der Waals surface area contributed by atoms with E-state index < -0.39 is 23.9 Å². The molecular formula is C18H11F5N6O2. The lowest BCUT2D eigenvalue weighted by Gasteiger charge is -2.20. The Morgan fingerprint density at radius 3 is 2.39 bits per heavy atom. The minimum absolute atomic E-state index is 0.215. The molecular weight excluding hydrogens is 427 g/mol. The third kappa shape index (κ3) is 4.61. The van der Waals surface area contributed by atoms with Gasteiger partial charge >= 0.3 is 12.3 Å². The number of aryl methyl sites for hydroxylation is 1. The van der Waals surface area contributed by atoms with E-state index in [1.165, 1.54) is 29.2 Å². The molecule has 2 aromatic carbocycles. The van der Waals surface area contributed by atoms with Gasteiger partial charge in [-0.25, -0.2) is 9.67 Å². The molecule has 0 saturated heterocycles. The van der Waals surface area contributed by atoms with Gasteiger partial charge in [0, 0.05) is 16.0 Å². The number of amides is 1. The zero-order valence-corrected chi connectivity index (χ0v) is 15.5. The smallest absolute Gasteiger partial charge is 0.426 e. The van der Waals surface area contributed by atoms with Crippen LogP contribution in [0.25, 0.3) is 27.5 Å². The highest BCUT2D eigenvalue weighted by molar-refractivity contribution is 5.96. The molecule has 0 aliphatic carbocycles. The third-order valence-corrected chi connectivity index (χ3v) is 4.02. The molecule has 8 nitrogen and oxygen atoms in total. The summed E-state index contributed by atoms with van der Waals surface area (Å²) in [7, 11) is 0. The largest absolute Gasteiger partial charge is 0.499 e. The van der Waals surface area contributed by atoms with E-state index in [0.29, 0.717) is 16.8 Å². The second-order valence-electron chi connectivity index (χ2n) is 6.15. The molecule has 0 fully saturated rings. The fraction of sp³-hybridized carbons (Fsp3) is 0.167. The number of halogens is 5. The average molecular weight is 438 g/mol. The molecule has 0 unspecified atom stereocenters. The molecule has 0 saturated carbocycles. The summed E-state index contributed by atoms with van der Waals surface area (Å²) < 4.78 is 67.6. The molecule has 1 heterocycles. The summed E-state index contributed by atoms with van der Waals surface area (Å²) in [5.41, 5.74) is 9.97. The summed E-state index contributed by atoms with van der Waals surface area (Å²) in [5, 5.41) is 7.25. The van der Waals surface area contributed by atoms with Gasteiger partial charge in [-0.05, 0) is 53.5 Å². The predicted molar refractivity (Wildman–Crippen MR) is 96.6 cm³/mol. The highest BCUT2D eigenvalue weighted by Crippen LogP contribution is 2.37. The molecule has 1 amide bonds. The first-order valence-electron chi connectivity index (χ1n) is 8.38. The van der Waals surface area contributed by atoms with Crippen molar-refractivity contribution in [3.63, 3.8) is 0 Å². The Morgan fingerprint density at radius 2 is 1.81 bits per heavy atom.